The molecule has 0 aliphatic rings. The van der Waals surface area contributed by atoms with E-state index in [-0.39, 0.29) is 11.9 Å². The normalized spacial score (nSPS) is 12.0. The molecular formula is C18H20INO2. The molecule has 0 aliphatic heterocycles. The van der Waals surface area contributed by atoms with Crippen LogP contribution in [0.3, 0.4) is 0 Å². The van der Waals surface area contributed by atoms with Crippen LogP contribution in [-0.4, -0.2) is 25.7 Å². The zero-order chi connectivity index (χ0) is 16.1. The molecule has 1 atom stereocenters. The van der Waals surface area contributed by atoms with Crippen LogP contribution >= 0.6 is 22.6 Å². The summed E-state index contributed by atoms with van der Waals surface area (Å²) in [5, 5.41) is 2.94. The summed E-state index contributed by atoms with van der Waals surface area (Å²) in [4.78, 5) is 12.3. The largest absolute Gasteiger partial charge is 0.383 e. The Morgan fingerprint density at radius 2 is 1.86 bits per heavy atom. The molecule has 22 heavy (non-hydrogen) atoms. The molecule has 0 heterocycles. The molecule has 0 unspecified atom stereocenters. The lowest BCUT2D eigenvalue weighted by atomic mass is 10.0. The van der Waals surface area contributed by atoms with Crippen molar-refractivity contribution >= 4 is 28.5 Å². The summed E-state index contributed by atoms with van der Waals surface area (Å²) in [7, 11) is 1.63. The first-order chi connectivity index (χ1) is 10.5. The van der Waals surface area contributed by atoms with E-state index in [0.29, 0.717) is 12.2 Å². The van der Waals surface area contributed by atoms with E-state index >= 15 is 0 Å². The minimum atomic E-state index is -0.0728. The number of benzene rings is 2. The molecule has 2 aromatic carbocycles. The van der Waals surface area contributed by atoms with E-state index < -0.39 is 0 Å². The van der Waals surface area contributed by atoms with Gasteiger partial charge in [0, 0.05) is 22.3 Å². The molecule has 2 aromatic rings. The predicted molar refractivity (Wildman–Crippen MR) is 98.1 cm³/mol. The Balaban J connectivity index is 2.26. The maximum atomic E-state index is 12.3. The van der Waals surface area contributed by atoms with Gasteiger partial charge in [-0.3, -0.25) is 4.79 Å². The molecule has 0 saturated carbocycles. The van der Waals surface area contributed by atoms with E-state index in [2.05, 4.69) is 65.2 Å². The highest BCUT2D eigenvalue weighted by molar-refractivity contribution is 14.1. The lowest BCUT2D eigenvalue weighted by molar-refractivity contribution is 0.0905. The van der Waals surface area contributed by atoms with E-state index in [0.717, 1.165) is 14.7 Å². The Labute approximate surface area is 145 Å². The number of carbonyl (C=O) groups is 1. The zero-order valence-electron chi connectivity index (χ0n) is 13.0. The Morgan fingerprint density at radius 1 is 1.18 bits per heavy atom. The molecule has 2 rings (SSSR count). The molecular weight excluding hydrogens is 389 g/mol. The topological polar surface area (TPSA) is 38.3 Å². The molecule has 0 radical (unpaired) electrons. The van der Waals surface area contributed by atoms with Crippen molar-refractivity contribution in [2.24, 2.45) is 0 Å². The fourth-order valence-corrected chi connectivity index (χ4v) is 2.90. The standard InChI is InChI=1S/C18H20INO2/c1-12-4-6-14(7-5-12)15-8-16(10-17(19)9-15)18(21)20-13(2)11-22-3/h4-10,13H,11H2,1-3H3,(H,20,21)/t13-/m1/s1. The number of halogens is 1. The van der Waals surface area contributed by atoms with Gasteiger partial charge in [-0.2, -0.15) is 0 Å². The first-order valence-electron chi connectivity index (χ1n) is 7.17. The van der Waals surface area contributed by atoms with Gasteiger partial charge in [0.2, 0.25) is 0 Å². The van der Waals surface area contributed by atoms with Crippen molar-refractivity contribution in [3.63, 3.8) is 0 Å². The van der Waals surface area contributed by atoms with Crippen molar-refractivity contribution in [1.29, 1.82) is 0 Å². The number of hydrogen-bond acceptors (Lipinski definition) is 2. The fourth-order valence-electron chi connectivity index (χ4n) is 2.23. The summed E-state index contributed by atoms with van der Waals surface area (Å²) in [5.74, 6) is -0.0728. The van der Waals surface area contributed by atoms with Gasteiger partial charge in [0.25, 0.3) is 5.91 Å². The van der Waals surface area contributed by atoms with Gasteiger partial charge in [-0.15, -0.1) is 0 Å². The van der Waals surface area contributed by atoms with Gasteiger partial charge in [-0.25, -0.2) is 0 Å². The zero-order valence-corrected chi connectivity index (χ0v) is 15.2. The third kappa shape index (κ3) is 4.55. The minimum absolute atomic E-state index is 0.0156. The third-order valence-corrected chi connectivity index (χ3v) is 3.96. The van der Waals surface area contributed by atoms with Crippen molar-refractivity contribution < 1.29 is 9.53 Å². The number of rotatable bonds is 5. The average Bonchev–Trinajstić information content (AvgIpc) is 2.47. The van der Waals surface area contributed by atoms with Crippen LogP contribution in [0.15, 0.2) is 42.5 Å². The Morgan fingerprint density at radius 3 is 2.50 bits per heavy atom. The number of hydrogen-bond donors (Lipinski definition) is 1. The molecule has 1 amide bonds. The second-order valence-electron chi connectivity index (χ2n) is 5.42. The maximum absolute atomic E-state index is 12.3. The number of carbonyl (C=O) groups excluding carboxylic acids is 1. The van der Waals surface area contributed by atoms with Crippen molar-refractivity contribution in [1.82, 2.24) is 5.32 Å². The van der Waals surface area contributed by atoms with Gasteiger partial charge in [0.05, 0.1) is 6.61 Å². The van der Waals surface area contributed by atoms with E-state index in [4.69, 9.17) is 4.74 Å². The number of methoxy groups -OCH3 is 1. The summed E-state index contributed by atoms with van der Waals surface area (Å²) in [6.45, 7) is 4.49. The monoisotopic (exact) mass is 409 g/mol. The second-order valence-corrected chi connectivity index (χ2v) is 6.67. The van der Waals surface area contributed by atoms with Crippen LogP contribution in [0.5, 0.6) is 0 Å². The highest BCUT2D eigenvalue weighted by Gasteiger charge is 2.12. The predicted octanol–water partition coefficient (Wildman–Crippen LogP) is 4.03. The highest BCUT2D eigenvalue weighted by atomic mass is 127. The lowest BCUT2D eigenvalue weighted by Crippen LogP contribution is -2.35. The van der Waals surface area contributed by atoms with Gasteiger partial charge in [-0.05, 0) is 65.8 Å². The molecule has 0 bridgehead atoms. The third-order valence-electron chi connectivity index (χ3n) is 3.34. The average molecular weight is 409 g/mol. The van der Waals surface area contributed by atoms with Gasteiger partial charge in [-0.1, -0.05) is 29.8 Å². The Hall–Kier alpha value is -1.40. The fraction of sp³-hybridized carbons (Fsp3) is 0.278. The Kier molecular flexibility index (Phi) is 5.97. The molecule has 0 fully saturated rings. The van der Waals surface area contributed by atoms with Gasteiger partial charge in [0.1, 0.15) is 0 Å². The summed E-state index contributed by atoms with van der Waals surface area (Å²) >= 11 is 2.24. The molecule has 1 N–H and O–H groups in total. The van der Waals surface area contributed by atoms with Crippen molar-refractivity contribution in [3.8, 4) is 11.1 Å². The number of amides is 1. The second kappa shape index (κ2) is 7.74. The minimum Gasteiger partial charge on any atom is -0.383 e. The maximum Gasteiger partial charge on any atom is 0.251 e. The first-order valence-corrected chi connectivity index (χ1v) is 8.25. The van der Waals surface area contributed by atoms with Gasteiger partial charge in [0.15, 0.2) is 0 Å². The molecule has 0 aliphatic carbocycles. The van der Waals surface area contributed by atoms with Crippen LogP contribution in [0.1, 0.15) is 22.8 Å². The van der Waals surface area contributed by atoms with Crippen LogP contribution in [0.4, 0.5) is 0 Å². The van der Waals surface area contributed by atoms with Crippen molar-refractivity contribution in [2.75, 3.05) is 13.7 Å². The summed E-state index contributed by atoms with van der Waals surface area (Å²) in [5.41, 5.74) is 4.06. The SMILES string of the molecule is COC[C@@H](C)NC(=O)c1cc(I)cc(-c2ccc(C)cc2)c1. The quantitative estimate of drug-likeness (QED) is 0.758. The number of nitrogens with one attached hydrogen (secondary N) is 1. The van der Waals surface area contributed by atoms with Gasteiger partial charge < -0.3 is 10.1 Å². The van der Waals surface area contributed by atoms with E-state index in [9.17, 15) is 4.79 Å². The van der Waals surface area contributed by atoms with Crippen LogP contribution in [-0.2, 0) is 4.74 Å². The first kappa shape index (κ1) is 17.0. The number of aryl methyl sites for hydroxylation is 1. The molecule has 116 valence electrons. The molecule has 4 heteroatoms. The molecule has 0 aromatic heterocycles. The van der Waals surface area contributed by atoms with Crippen molar-refractivity contribution in [2.45, 2.75) is 19.9 Å². The van der Waals surface area contributed by atoms with E-state index in [1.807, 2.05) is 19.1 Å². The smallest absolute Gasteiger partial charge is 0.251 e. The molecule has 0 saturated heterocycles. The Bertz CT molecular complexity index is 653. The van der Waals surface area contributed by atoms with Crippen LogP contribution in [0.2, 0.25) is 0 Å². The number of ether oxygens (including phenoxy) is 1. The van der Waals surface area contributed by atoms with Gasteiger partial charge >= 0.3 is 0 Å². The van der Waals surface area contributed by atoms with E-state index in [1.54, 1.807) is 7.11 Å². The van der Waals surface area contributed by atoms with E-state index in [1.165, 1.54) is 5.56 Å². The molecule has 0 spiro atoms. The van der Waals surface area contributed by atoms with Crippen LogP contribution < -0.4 is 5.32 Å². The van der Waals surface area contributed by atoms with Crippen molar-refractivity contribution in [3.05, 3.63) is 57.2 Å². The summed E-state index contributed by atoms with van der Waals surface area (Å²) < 4.78 is 6.09. The van der Waals surface area contributed by atoms with Crippen LogP contribution in [0.25, 0.3) is 11.1 Å². The summed E-state index contributed by atoms with van der Waals surface area (Å²) in [6, 6.07) is 14.2. The highest BCUT2D eigenvalue weighted by Crippen LogP contribution is 2.24. The lowest BCUT2D eigenvalue weighted by Gasteiger charge is -2.14. The summed E-state index contributed by atoms with van der Waals surface area (Å²) in [6.07, 6.45) is 0. The van der Waals surface area contributed by atoms with Crippen LogP contribution in [0, 0.1) is 10.5 Å². The molecule has 3 nitrogen and oxygen atoms in total.